The molecule has 1 aliphatic rings. The second-order valence-electron chi connectivity index (χ2n) is 11.0. The van der Waals surface area contributed by atoms with Gasteiger partial charge < -0.3 is 31.8 Å². The van der Waals surface area contributed by atoms with Gasteiger partial charge in [0, 0.05) is 25.8 Å². The summed E-state index contributed by atoms with van der Waals surface area (Å²) in [4.78, 5) is 97.2. The van der Waals surface area contributed by atoms with Crippen molar-refractivity contribution >= 4 is 78.4 Å². The molecular weight excluding hydrogens is 623 g/mol. The summed E-state index contributed by atoms with van der Waals surface area (Å²) >= 11 is 2.84. The van der Waals surface area contributed by atoms with Crippen LogP contribution in [0.25, 0.3) is 0 Å². The third kappa shape index (κ3) is 16.7. The highest BCUT2D eigenvalue weighted by atomic mass is 32.2. The number of carbonyl (C=O) groups is 8. The number of nitrogens with two attached hydrogens (primary N) is 1. The fraction of sp³-hybridized carbons (Fsp3) is 0.714. The summed E-state index contributed by atoms with van der Waals surface area (Å²) in [6, 6.07) is -2.68. The molecule has 6 N–H and O–H groups in total. The van der Waals surface area contributed by atoms with Crippen LogP contribution in [-0.4, -0.2) is 107 Å². The Kier molecular flexibility index (Phi) is 19.2. The van der Waals surface area contributed by atoms with Crippen molar-refractivity contribution in [3.63, 3.8) is 0 Å². The molecule has 1 aliphatic heterocycles. The number of hydrogen-bond acceptors (Lipinski definition) is 10. The molecule has 7 amide bonds. The molecule has 1 rings (SSSR count). The van der Waals surface area contributed by atoms with Crippen LogP contribution < -0.4 is 27.0 Å². The van der Waals surface area contributed by atoms with Crippen LogP contribution >= 0.6 is 23.5 Å². The maximum Gasteiger partial charge on any atom is 0.242 e. The van der Waals surface area contributed by atoms with Gasteiger partial charge in [-0.1, -0.05) is 6.42 Å². The summed E-state index contributed by atoms with van der Waals surface area (Å²) in [5.41, 5.74) is 5.28. The van der Waals surface area contributed by atoms with Crippen molar-refractivity contribution in [2.24, 2.45) is 5.73 Å². The summed E-state index contributed by atoms with van der Waals surface area (Å²) in [6.45, 7) is 4.65. The van der Waals surface area contributed by atoms with E-state index in [1.165, 1.54) is 25.6 Å². The molecule has 17 heteroatoms. The monoisotopic (exact) mass is 670 g/mol. The van der Waals surface area contributed by atoms with Gasteiger partial charge >= 0.3 is 0 Å². The number of unbranched alkanes of at least 4 members (excludes halogenated alkanes) is 2. The molecule has 0 aromatic heterocycles. The van der Waals surface area contributed by atoms with Crippen molar-refractivity contribution < 1.29 is 38.4 Å². The van der Waals surface area contributed by atoms with Gasteiger partial charge in [0.2, 0.25) is 41.4 Å². The largest absolute Gasteiger partial charge is 0.370 e. The first-order chi connectivity index (χ1) is 21.2. The Labute approximate surface area is 274 Å². The average molecular weight is 671 g/mol. The van der Waals surface area contributed by atoms with Crippen LogP contribution in [-0.2, 0) is 38.4 Å². The van der Waals surface area contributed by atoms with E-state index in [0.717, 1.165) is 29.9 Å². The highest BCUT2D eigenvalue weighted by Crippen LogP contribution is 2.26. The standard InChI is InChI=1S/C28H47BN6O8S2/c1-17(25(40)31-16-44-13-6-4-5-9-21(29)36)33-27(42)19(3)34-26(41)18(2)32-23(38)11-8-14-45-20-15-24(39)35(28(20)43)12-7-10-22(30)37/h17-20H,4-16,29H2,1-3H3,(H2,30,37)(H,31,40)(H,32,38)(H,33,42)(H,34,41)/t17-,18-,19+,20?/m0/s1. The van der Waals surface area contributed by atoms with E-state index in [4.69, 9.17) is 5.73 Å². The number of primary amides is 1. The number of carbonyl (C=O) groups excluding carboxylic acids is 8. The first-order valence-electron chi connectivity index (χ1n) is 15.2. The van der Waals surface area contributed by atoms with Gasteiger partial charge in [-0.25, -0.2) is 0 Å². The van der Waals surface area contributed by atoms with Crippen molar-refractivity contribution in [2.45, 2.75) is 102 Å². The van der Waals surface area contributed by atoms with Crippen molar-refractivity contribution in [1.29, 1.82) is 0 Å². The number of thioether (sulfide) groups is 2. The van der Waals surface area contributed by atoms with Crippen LogP contribution in [0.5, 0.6) is 0 Å². The number of rotatable bonds is 23. The van der Waals surface area contributed by atoms with E-state index in [1.807, 2.05) is 0 Å². The van der Waals surface area contributed by atoms with E-state index in [-0.39, 0.29) is 55.1 Å². The molecule has 252 valence electrons. The van der Waals surface area contributed by atoms with E-state index in [1.54, 1.807) is 26.5 Å². The van der Waals surface area contributed by atoms with E-state index in [2.05, 4.69) is 21.3 Å². The maximum atomic E-state index is 12.5. The summed E-state index contributed by atoms with van der Waals surface area (Å²) in [5, 5.41) is 9.87. The molecule has 14 nitrogen and oxygen atoms in total. The Morgan fingerprint density at radius 3 is 2.07 bits per heavy atom. The molecule has 0 spiro atoms. The van der Waals surface area contributed by atoms with E-state index in [0.29, 0.717) is 30.9 Å². The van der Waals surface area contributed by atoms with Gasteiger partial charge in [0.15, 0.2) is 7.85 Å². The normalized spacial score (nSPS) is 16.4. The Hall–Kier alpha value is -3.08. The van der Waals surface area contributed by atoms with Gasteiger partial charge in [0.25, 0.3) is 0 Å². The Bertz CT molecular complexity index is 1080. The molecule has 1 fully saturated rings. The molecule has 4 atom stereocenters. The molecule has 0 bridgehead atoms. The summed E-state index contributed by atoms with van der Waals surface area (Å²) in [6.07, 6.45) is 4.36. The highest BCUT2D eigenvalue weighted by Gasteiger charge is 2.38. The van der Waals surface area contributed by atoms with Crippen LogP contribution in [0.3, 0.4) is 0 Å². The van der Waals surface area contributed by atoms with E-state index in [9.17, 15) is 38.4 Å². The summed E-state index contributed by atoms with van der Waals surface area (Å²) in [5.74, 6) is -1.24. The SMILES string of the molecule is BC(=O)CCCCCSCNC(=O)[C@H](C)NC(=O)[C@@H](C)NC(=O)[C@H](C)NC(=O)CCCSC1CC(=O)N(CCCC(N)=O)C1=O. The quantitative estimate of drug-likeness (QED) is 0.0384. The smallest absolute Gasteiger partial charge is 0.242 e. The minimum absolute atomic E-state index is 0.0720. The molecule has 1 unspecified atom stereocenters. The van der Waals surface area contributed by atoms with Gasteiger partial charge in [-0.05, 0) is 64.4 Å². The first-order valence-corrected chi connectivity index (χ1v) is 17.4. The molecule has 0 radical (unpaired) electrons. The van der Waals surface area contributed by atoms with Crippen LogP contribution in [0.2, 0.25) is 0 Å². The Morgan fingerprint density at radius 1 is 0.822 bits per heavy atom. The molecule has 45 heavy (non-hydrogen) atoms. The summed E-state index contributed by atoms with van der Waals surface area (Å²) < 4.78 is 0. The van der Waals surface area contributed by atoms with E-state index < -0.39 is 41.1 Å². The first kappa shape index (κ1) is 39.9. The highest BCUT2D eigenvalue weighted by molar-refractivity contribution is 8.00. The fourth-order valence-corrected chi connectivity index (χ4v) is 6.10. The van der Waals surface area contributed by atoms with Crippen molar-refractivity contribution in [1.82, 2.24) is 26.2 Å². The third-order valence-corrected chi connectivity index (χ3v) is 9.04. The van der Waals surface area contributed by atoms with Gasteiger partial charge in [0.1, 0.15) is 18.1 Å². The number of likely N-dealkylation sites (tertiary alicyclic amines) is 1. The van der Waals surface area contributed by atoms with Crippen LogP contribution in [0.1, 0.15) is 78.6 Å². The van der Waals surface area contributed by atoms with Gasteiger partial charge in [-0.3, -0.25) is 38.5 Å². The number of imide groups is 1. The lowest BCUT2D eigenvalue weighted by atomic mass is 9.97. The molecule has 1 heterocycles. The molecule has 0 aliphatic carbocycles. The third-order valence-electron chi connectivity index (χ3n) is 6.82. The zero-order valence-electron chi connectivity index (χ0n) is 26.6. The van der Waals surface area contributed by atoms with Crippen molar-refractivity contribution in [3.05, 3.63) is 0 Å². The van der Waals surface area contributed by atoms with Crippen LogP contribution in [0, 0.1) is 0 Å². The maximum absolute atomic E-state index is 12.5. The number of nitrogens with one attached hydrogen (secondary N) is 4. The van der Waals surface area contributed by atoms with Gasteiger partial charge in [-0.15, -0.1) is 23.5 Å². The second kappa shape index (κ2) is 21.6. The lowest BCUT2D eigenvalue weighted by molar-refractivity contribution is -0.138. The summed E-state index contributed by atoms with van der Waals surface area (Å²) in [7, 11) is 1.58. The molecule has 0 aromatic rings. The van der Waals surface area contributed by atoms with Gasteiger partial charge in [-0.2, -0.15) is 0 Å². The van der Waals surface area contributed by atoms with Gasteiger partial charge in [0.05, 0.1) is 16.8 Å². The predicted molar refractivity (Wildman–Crippen MR) is 176 cm³/mol. The van der Waals surface area contributed by atoms with Crippen molar-refractivity contribution in [3.8, 4) is 0 Å². The minimum Gasteiger partial charge on any atom is -0.370 e. The predicted octanol–water partition coefficient (Wildman–Crippen LogP) is -1.07. The minimum atomic E-state index is -0.949. The topological polar surface area (TPSA) is 214 Å². The Balaban J connectivity index is 2.26. The number of amides is 7. The molecule has 1 saturated heterocycles. The zero-order valence-corrected chi connectivity index (χ0v) is 28.2. The molecular formula is C28H47BN6O8S2. The second-order valence-corrected chi connectivity index (χ2v) is 13.4. The lowest BCUT2D eigenvalue weighted by Crippen LogP contribution is -2.54. The Morgan fingerprint density at radius 2 is 1.44 bits per heavy atom. The lowest BCUT2D eigenvalue weighted by Gasteiger charge is -2.20. The number of hydrogen-bond donors (Lipinski definition) is 5. The molecule has 0 aromatic carbocycles. The van der Waals surface area contributed by atoms with Crippen LogP contribution in [0.4, 0.5) is 0 Å². The van der Waals surface area contributed by atoms with E-state index >= 15 is 0 Å². The average Bonchev–Trinajstić information content (AvgIpc) is 3.23. The fourth-order valence-electron chi connectivity index (χ4n) is 4.18. The zero-order chi connectivity index (χ0) is 33.9. The number of nitrogens with zero attached hydrogens (tertiary/aromatic N) is 1. The van der Waals surface area contributed by atoms with Crippen molar-refractivity contribution in [2.75, 3.05) is 23.9 Å². The van der Waals surface area contributed by atoms with Crippen LogP contribution in [0.15, 0.2) is 0 Å². The molecule has 0 saturated carbocycles.